The molecule has 3 fully saturated rings. The zero-order valence-corrected chi connectivity index (χ0v) is 35.8. The van der Waals surface area contributed by atoms with Gasteiger partial charge in [0.25, 0.3) is 17.4 Å². The number of nitrogens with zero attached hydrogens (tertiary/aromatic N) is 7. The summed E-state index contributed by atoms with van der Waals surface area (Å²) in [5.74, 6) is -0.805. The van der Waals surface area contributed by atoms with E-state index in [0.29, 0.717) is 71.0 Å². The van der Waals surface area contributed by atoms with Crippen molar-refractivity contribution < 1.29 is 33.4 Å². The normalized spacial score (nSPS) is 18.5. The fraction of sp³-hybridized carbons (Fsp3) is 0.477. The van der Waals surface area contributed by atoms with E-state index in [1.165, 1.54) is 18.7 Å². The number of pyridine rings is 2. The number of carbonyl (C=O) groups is 5. The number of imide groups is 2. The Hall–Kier alpha value is -5.56. The molecule has 1 atom stereocenters. The van der Waals surface area contributed by atoms with Crippen molar-refractivity contribution in [2.45, 2.75) is 75.8 Å². The molecule has 18 heteroatoms. The predicted octanol–water partition coefficient (Wildman–Crippen LogP) is 4.30. The number of hydrogen-bond acceptors (Lipinski definition) is 15. The summed E-state index contributed by atoms with van der Waals surface area (Å²) in [6.45, 7) is 9.75. The van der Waals surface area contributed by atoms with Crippen LogP contribution in [0.25, 0.3) is 11.0 Å². The van der Waals surface area contributed by atoms with E-state index in [2.05, 4.69) is 30.4 Å². The fourth-order valence-corrected chi connectivity index (χ4v) is 9.76. The fourth-order valence-electron chi connectivity index (χ4n) is 8.83. The highest BCUT2D eigenvalue weighted by atomic mass is 32.2. The third kappa shape index (κ3) is 9.14. The highest BCUT2D eigenvalue weighted by Crippen LogP contribution is 2.35. The van der Waals surface area contributed by atoms with Crippen molar-refractivity contribution in [2.24, 2.45) is 0 Å². The molecule has 62 heavy (non-hydrogen) atoms. The molecule has 6 heterocycles. The third-order valence-corrected chi connectivity index (χ3v) is 13.0. The smallest absolute Gasteiger partial charge is 0.263 e. The molecule has 0 spiro atoms. The first-order valence-corrected chi connectivity index (χ1v) is 22.3. The number of ketones is 1. The van der Waals surface area contributed by atoms with E-state index in [-0.39, 0.29) is 41.4 Å². The molecule has 1 unspecified atom stereocenters. The topological polar surface area (TPSA) is 198 Å². The lowest BCUT2D eigenvalue weighted by molar-refractivity contribution is -0.136. The third-order valence-electron chi connectivity index (χ3n) is 12.0. The van der Waals surface area contributed by atoms with Crippen LogP contribution in [0.4, 0.5) is 17.5 Å². The maximum absolute atomic E-state index is 13.6. The number of carbonyl (C=O) groups excluding carboxylic acids is 5. The zero-order valence-electron chi connectivity index (χ0n) is 35.0. The van der Waals surface area contributed by atoms with Crippen LogP contribution in [-0.2, 0) is 19.1 Å². The minimum atomic E-state index is -0.994. The predicted molar refractivity (Wildman–Crippen MR) is 232 cm³/mol. The average molecular weight is 866 g/mol. The van der Waals surface area contributed by atoms with E-state index < -0.39 is 29.7 Å². The van der Waals surface area contributed by atoms with Crippen LogP contribution >= 0.6 is 11.8 Å². The molecular weight excluding hydrogens is 815 g/mol. The zero-order chi connectivity index (χ0) is 43.3. The number of amides is 4. The number of aryl methyl sites for hydroxylation is 1. The minimum absolute atomic E-state index is 0.00688. The molecule has 1 aromatic carbocycles. The quantitative estimate of drug-likeness (QED) is 0.0659. The van der Waals surface area contributed by atoms with Gasteiger partial charge in [0, 0.05) is 74.0 Å². The van der Waals surface area contributed by atoms with Crippen LogP contribution in [-0.4, -0.2) is 130 Å². The van der Waals surface area contributed by atoms with Crippen molar-refractivity contribution in [3.05, 3.63) is 75.3 Å². The number of aromatic nitrogens is 4. The van der Waals surface area contributed by atoms with Gasteiger partial charge in [-0.05, 0) is 69.4 Å². The Labute approximate surface area is 362 Å². The maximum atomic E-state index is 13.6. The molecule has 4 aromatic rings. The van der Waals surface area contributed by atoms with Crippen molar-refractivity contribution in [3.63, 3.8) is 0 Å². The van der Waals surface area contributed by atoms with Crippen molar-refractivity contribution in [1.82, 2.24) is 34.6 Å². The molecule has 1 saturated carbocycles. The van der Waals surface area contributed by atoms with E-state index in [0.717, 1.165) is 75.4 Å². The average Bonchev–Trinajstić information content (AvgIpc) is 3.88. The Bertz CT molecular complexity index is 2430. The SMILES string of the molecule is CC(=O)c1c(C)c2cnc(Nc3ccc(N4CCN(CCCOCCOCCSc5cccc6c5C(=O)N(C5CCC(=O)NC5=O)C6=O)CC4)cn3)nc2n(C2CCCC2)c1=O. The molecule has 326 valence electrons. The van der Waals surface area contributed by atoms with Gasteiger partial charge in [-0.25, -0.2) is 9.97 Å². The van der Waals surface area contributed by atoms with E-state index >= 15 is 0 Å². The van der Waals surface area contributed by atoms with Crippen molar-refractivity contribution in [3.8, 4) is 0 Å². The van der Waals surface area contributed by atoms with Crippen molar-refractivity contribution in [2.75, 3.05) is 75.1 Å². The van der Waals surface area contributed by atoms with E-state index in [9.17, 15) is 28.8 Å². The van der Waals surface area contributed by atoms with E-state index in [1.54, 1.807) is 35.9 Å². The van der Waals surface area contributed by atoms with Crippen LogP contribution in [0, 0.1) is 6.92 Å². The number of ether oxygens (including phenoxy) is 2. The van der Waals surface area contributed by atoms with Gasteiger partial charge in [0.15, 0.2) is 5.78 Å². The molecule has 3 aliphatic heterocycles. The number of rotatable bonds is 17. The lowest BCUT2D eigenvalue weighted by atomic mass is 10.0. The summed E-state index contributed by atoms with van der Waals surface area (Å²) in [6, 6.07) is 8.06. The van der Waals surface area contributed by atoms with Crippen LogP contribution in [0.2, 0.25) is 0 Å². The summed E-state index contributed by atoms with van der Waals surface area (Å²) in [4.78, 5) is 96.7. The van der Waals surface area contributed by atoms with Crippen LogP contribution in [0.5, 0.6) is 0 Å². The largest absolute Gasteiger partial charge is 0.379 e. The lowest BCUT2D eigenvalue weighted by Crippen LogP contribution is -2.54. The van der Waals surface area contributed by atoms with Crippen LogP contribution < -0.4 is 21.1 Å². The minimum Gasteiger partial charge on any atom is -0.379 e. The Balaban J connectivity index is 0.722. The number of fused-ring (bicyclic) bond motifs is 2. The van der Waals surface area contributed by atoms with Gasteiger partial charge in [-0.2, -0.15) is 4.98 Å². The van der Waals surface area contributed by atoms with E-state index in [4.69, 9.17) is 14.5 Å². The number of thioether (sulfide) groups is 1. The molecule has 3 aromatic heterocycles. The lowest BCUT2D eigenvalue weighted by Gasteiger charge is -2.36. The first-order chi connectivity index (χ1) is 30.1. The molecule has 1 aliphatic carbocycles. The summed E-state index contributed by atoms with van der Waals surface area (Å²) in [6.07, 6.45) is 8.47. The molecule has 17 nitrogen and oxygen atoms in total. The number of nitrogens with one attached hydrogen (secondary N) is 2. The molecule has 2 saturated heterocycles. The van der Waals surface area contributed by atoms with Gasteiger partial charge in [-0.3, -0.25) is 48.5 Å². The van der Waals surface area contributed by atoms with Gasteiger partial charge in [0.1, 0.15) is 17.5 Å². The second-order valence-corrected chi connectivity index (χ2v) is 17.1. The van der Waals surface area contributed by atoms with Gasteiger partial charge >= 0.3 is 0 Å². The Morgan fingerprint density at radius 3 is 2.40 bits per heavy atom. The highest BCUT2D eigenvalue weighted by molar-refractivity contribution is 7.99. The Morgan fingerprint density at radius 2 is 1.68 bits per heavy atom. The van der Waals surface area contributed by atoms with Gasteiger partial charge in [0.05, 0.1) is 48.4 Å². The number of anilines is 3. The summed E-state index contributed by atoms with van der Waals surface area (Å²) in [7, 11) is 0. The Morgan fingerprint density at radius 1 is 0.903 bits per heavy atom. The van der Waals surface area contributed by atoms with Crippen molar-refractivity contribution in [1.29, 1.82) is 0 Å². The summed E-state index contributed by atoms with van der Waals surface area (Å²) in [5, 5.41) is 6.13. The highest BCUT2D eigenvalue weighted by Gasteiger charge is 2.45. The first-order valence-electron chi connectivity index (χ1n) is 21.3. The molecule has 4 aliphatic rings. The number of piperazine rings is 1. The first kappa shape index (κ1) is 43.1. The van der Waals surface area contributed by atoms with Gasteiger partial charge < -0.3 is 19.7 Å². The van der Waals surface area contributed by atoms with Gasteiger partial charge in [0.2, 0.25) is 17.8 Å². The summed E-state index contributed by atoms with van der Waals surface area (Å²) >= 11 is 1.42. The van der Waals surface area contributed by atoms with Crippen LogP contribution in [0.1, 0.15) is 94.5 Å². The standard InChI is InChI=1S/C44H51N9O8S/c1-27-32-26-46-44(49-39(32)52(29-7-3-4-8-29)42(58)37(27)28(2)54)47-35-13-11-30(25-45-35)51-18-16-50(17-19-51)15-6-20-60-21-22-61-23-24-62-34-10-5-9-31-38(34)43(59)53(41(31)57)33-12-14-36(55)48-40(33)56/h5,9-11,13,25-26,29,33H,3-4,6-8,12,14-24H2,1-2H3,(H,48,55,56)(H,45,46,47,49). The summed E-state index contributed by atoms with van der Waals surface area (Å²) in [5.41, 5.74) is 2.68. The molecular formula is C44H51N9O8S. The summed E-state index contributed by atoms with van der Waals surface area (Å²) < 4.78 is 13.3. The number of Topliss-reactive ketones (excluding diaryl/α,β-unsaturated/α-hetero) is 1. The maximum Gasteiger partial charge on any atom is 0.263 e. The molecule has 0 bridgehead atoms. The van der Waals surface area contributed by atoms with Crippen LogP contribution in [0.3, 0.4) is 0 Å². The second-order valence-electron chi connectivity index (χ2n) is 16.0. The molecule has 8 rings (SSSR count). The number of benzene rings is 1. The molecule has 2 N–H and O–H groups in total. The Kier molecular flexibility index (Phi) is 13.4. The molecule has 0 radical (unpaired) electrons. The van der Waals surface area contributed by atoms with Crippen LogP contribution in [0.15, 0.2) is 52.4 Å². The van der Waals surface area contributed by atoms with E-state index in [1.807, 2.05) is 18.3 Å². The number of piperidine rings is 1. The van der Waals surface area contributed by atoms with Gasteiger partial charge in [-0.1, -0.05) is 18.9 Å². The van der Waals surface area contributed by atoms with Gasteiger partial charge in [-0.15, -0.1) is 11.8 Å². The number of hydrogen-bond donors (Lipinski definition) is 2. The van der Waals surface area contributed by atoms with Crippen molar-refractivity contribution >= 4 is 69.7 Å². The second kappa shape index (κ2) is 19.2. The monoisotopic (exact) mass is 865 g/mol. The molecule has 4 amide bonds.